The molecule has 3 rings (SSSR count). The van der Waals surface area contributed by atoms with Crippen LogP contribution in [0.4, 0.5) is 0 Å². The van der Waals surface area contributed by atoms with Gasteiger partial charge in [-0.05, 0) is 51.4 Å². The SMILES string of the molecule is CC1CC(N2CC(C)(C3CC3)NCC2C)C1. The van der Waals surface area contributed by atoms with Gasteiger partial charge in [-0.15, -0.1) is 0 Å². The predicted molar refractivity (Wildman–Crippen MR) is 67.5 cm³/mol. The van der Waals surface area contributed by atoms with Crippen molar-refractivity contribution in [3.63, 3.8) is 0 Å². The van der Waals surface area contributed by atoms with E-state index >= 15 is 0 Å². The first-order valence-electron chi connectivity index (χ1n) is 7.09. The lowest BCUT2D eigenvalue weighted by molar-refractivity contribution is -0.00284. The van der Waals surface area contributed by atoms with Crippen LogP contribution in [0, 0.1) is 11.8 Å². The van der Waals surface area contributed by atoms with E-state index in [1.54, 1.807) is 0 Å². The summed E-state index contributed by atoms with van der Waals surface area (Å²) >= 11 is 0. The maximum Gasteiger partial charge on any atom is 0.0309 e. The Kier molecular flexibility index (Phi) is 2.56. The fraction of sp³-hybridized carbons (Fsp3) is 1.00. The van der Waals surface area contributed by atoms with Crippen molar-refractivity contribution in [1.82, 2.24) is 10.2 Å². The molecule has 0 aromatic heterocycles. The number of nitrogens with one attached hydrogen (secondary N) is 1. The van der Waals surface area contributed by atoms with E-state index in [4.69, 9.17) is 0 Å². The summed E-state index contributed by atoms with van der Waals surface area (Å²) in [6.07, 6.45) is 5.77. The van der Waals surface area contributed by atoms with Crippen molar-refractivity contribution >= 4 is 0 Å². The third-order valence-electron chi connectivity index (χ3n) is 5.17. The Balaban J connectivity index is 1.66. The van der Waals surface area contributed by atoms with Gasteiger partial charge >= 0.3 is 0 Å². The lowest BCUT2D eigenvalue weighted by Gasteiger charge is -2.52. The average molecular weight is 222 g/mol. The van der Waals surface area contributed by atoms with Crippen LogP contribution in [0.2, 0.25) is 0 Å². The second-order valence-corrected chi connectivity index (χ2v) is 6.82. The third-order valence-corrected chi connectivity index (χ3v) is 5.17. The molecule has 92 valence electrons. The highest BCUT2D eigenvalue weighted by molar-refractivity contribution is 5.05. The van der Waals surface area contributed by atoms with Gasteiger partial charge in [-0.25, -0.2) is 0 Å². The highest BCUT2D eigenvalue weighted by Gasteiger charge is 2.47. The molecule has 16 heavy (non-hydrogen) atoms. The first-order valence-corrected chi connectivity index (χ1v) is 7.09. The minimum atomic E-state index is 0.422. The Morgan fingerprint density at radius 2 is 1.88 bits per heavy atom. The molecule has 2 atom stereocenters. The van der Waals surface area contributed by atoms with Crippen LogP contribution >= 0.6 is 0 Å². The molecule has 1 saturated heterocycles. The molecule has 3 aliphatic rings. The molecule has 0 amide bonds. The minimum Gasteiger partial charge on any atom is -0.308 e. The number of rotatable bonds is 2. The molecule has 2 aliphatic carbocycles. The summed E-state index contributed by atoms with van der Waals surface area (Å²) < 4.78 is 0. The molecule has 1 N–H and O–H groups in total. The van der Waals surface area contributed by atoms with Gasteiger partial charge in [0.2, 0.25) is 0 Å². The predicted octanol–water partition coefficient (Wildman–Crippen LogP) is 2.25. The van der Waals surface area contributed by atoms with E-state index in [0.717, 1.165) is 23.9 Å². The van der Waals surface area contributed by atoms with E-state index in [0.29, 0.717) is 5.54 Å². The first kappa shape index (κ1) is 11.0. The molecule has 0 aromatic carbocycles. The molecule has 0 aromatic rings. The van der Waals surface area contributed by atoms with Crippen molar-refractivity contribution in [3.8, 4) is 0 Å². The number of hydrogen-bond donors (Lipinski definition) is 1. The lowest BCUT2D eigenvalue weighted by atomic mass is 9.78. The van der Waals surface area contributed by atoms with Gasteiger partial charge in [-0.3, -0.25) is 4.90 Å². The topological polar surface area (TPSA) is 15.3 Å². The zero-order valence-electron chi connectivity index (χ0n) is 11.0. The molecule has 1 aliphatic heterocycles. The summed E-state index contributed by atoms with van der Waals surface area (Å²) in [4.78, 5) is 2.80. The third kappa shape index (κ3) is 1.80. The zero-order chi connectivity index (χ0) is 11.3. The minimum absolute atomic E-state index is 0.422. The Hall–Kier alpha value is -0.0800. The van der Waals surface area contributed by atoms with Gasteiger partial charge in [0.15, 0.2) is 0 Å². The van der Waals surface area contributed by atoms with Crippen LogP contribution in [0.1, 0.15) is 46.5 Å². The monoisotopic (exact) mass is 222 g/mol. The van der Waals surface area contributed by atoms with Gasteiger partial charge in [0.25, 0.3) is 0 Å². The molecule has 2 heteroatoms. The summed E-state index contributed by atoms with van der Waals surface area (Å²) in [5, 5.41) is 3.81. The average Bonchev–Trinajstić information content (AvgIpc) is 3.01. The van der Waals surface area contributed by atoms with Crippen molar-refractivity contribution in [2.75, 3.05) is 13.1 Å². The van der Waals surface area contributed by atoms with E-state index in [1.165, 1.54) is 38.8 Å². The molecule has 2 nitrogen and oxygen atoms in total. The molecular weight excluding hydrogens is 196 g/mol. The van der Waals surface area contributed by atoms with Crippen molar-refractivity contribution in [3.05, 3.63) is 0 Å². The molecule has 0 radical (unpaired) electrons. The molecule has 2 unspecified atom stereocenters. The smallest absolute Gasteiger partial charge is 0.0309 e. The van der Waals surface area contributed by atoms with Crippen LogP contribution in [0.25, 0.3) is 0 Å². The van der Waals surface area contributed by atoms with Crippen LogP contribution < -0.4 is 5.32 Å². The molecule has 3 fully saturated rings. The van der Waals surface area contributed by atoms with Crippen molar-refractivity contribution in [2.45, 2.75) is 64.1 Å². The maximum absolute atomic E-state index is 3.81. The normalized spacial score (nSPS) is 50.1. The van der Waals surface area contributed by atoms with Crippen LogP contribution in [0.5, 0.6) is 0 Å². The number of hydrogen-bond acceptors (Lipinski definition) is 2. The van der Waals surface area contributed by atoms with Crippen molar-refractivity contribution in [2.24, 2.45) is 11.8 Å². The summed E-state index contributed by atoms with van der Waals surface area (Å²) in [6, 6.07) is 1.63. The Morgan fingerprint density at radius 3 is 2.44 bits per heavy atom. The second kappa shape index (κ2) is 3.71. The van der Waals surface area contributed by atoms with Gasteiger partial charge in [0, 0.05) is 30.7 Å². The summed E-state index contributed by atoms with van der Waals surface area (Å²) in [6.45, 7) is 9.71. The van der Waals surface area contributed by atoms with Crippen LogP contribution in [-0.2, 0) is 0 Å². The second-order valence-electron chi connectivity index (χ2n) is 6.82. The van der Waals surface area contributed by atoms with E-state index in [9.17, 15) is 0 Å². The van der Waals surface area contributed by atoms with Gasteiger partial charge < -0.3 is 5.32 Å². The Labute approximate surface area is 99.8 Å². The first-order chi connectivity index (χ1) is 7.58. The van der Waals surface area contributed by atoms with E-state index < -0.39 is 0 Å². The molecule has 0 spiro atoms. The quantitative estimate of drug-likeness (QED) is 0.771. The number of piperazine rings is 1. The summed E-state index contributed by atoms with van der Waals surface area (Å²) in [5.41, 5.74) is 0.422. The van der Waals surface area contributed by atoms with Gasteiger partial charge in [-0.2, -0.15) is 0 Å². The molecule has 0 bridgehead atoms. The standard InChI is InChI=1S/C14H26N2/c1-10-6-13(7-10)16-9-14(3,12-4-5-12)15-8-11(16)2/h10-13,15H,4-9H2,1-3H3. The molecule has 1 heterocycles. The number of nitrogens with zero attached hydrogens (tertiary/aromatic N) is 1. The highest BCUT2D eigenvalue weighted by atomic mass is 15.3. The van der Waals surface area contributed by atoms with Gasteiger partial charge in [-0.1, -0.05) is 6.92 Å². The van der Waals surface area contributed by atoms with Crippen molar-refractivity contribution < 1.29 is 0 Å². The Bertz CT molecular complexity index is 268. The van der Waals surface area contributed by atoms with Crippen LogP contribution in [-0.4, -0.2) is 35.6 Å². The van der Waals surface area contributed by atoms with Gasteiger partial charge in [0.05, 0.1) is 0 Å². The lowest BCUT2D eigenvalue weighted by Crippen LogP contribution is -2.66. The Morgan fingerprint density at radius 1 is 1.19 bits per heavy atom. The summed E-state index contributed by atoms with van der Waals surface area (Å²) in [7, 11) is 0. The maximum atomic E-state index is 3.81. The van der Waals surface area contributed by atoms with Crippen LogP contribution in [0.15, 0.2) is 0 Å². The zero-order valence-corrected chi connectivity index (χ0v) is 11.0. The van der Waals surface area contributed by atoms with Gasteiger partial charge in [0.1, 0.15) is 0 Å². The molecule has 2 saturated carbocycles. The highest BCUT2D eigenvalue weighted by Crippen LogP contribution is 2.43. The summed E-state index contributed by atoms with van der Waals surface area (Å²) in [5.74, 6) is 1.93. The van der Waals surface area contributed by atoms with E-state index in [2.05, 4.69) is 31.0 Å². The van der Waals surface area contributed by atoms with Crippen molar-refractivity contribution in [1.29, 1.82) is 0 Å². The van der Waals surface area contributed by atoms with Crippen LogP contribution in [0.3, 0.4) is 0 Å². The van der Waals surface area contributed by atoms with E-state index in [-0.39, 0.29) is 0 Å². The van der Waals surface area contributed by atoms with E-state index in [1.807, 2.05) is 0 Å². The largest absolute Gasteiger partial charge is 0.308 e. The fourth-order valence-corrected chi connectivity index (χ4v) is 3.70. The fourth-order valence-electron chi connectivity index (χ4n) is 3.70. The molecular formula is C14H26N2.